The standard InChI is InChI=1S/C24H34N4O6S2/c1-15(2)11-12-24(3)14-28(17-7-5-6-8-17)23(30)20(21(24)29)22-25-18-10-9-16(26-35(4,31)32)13-19(18)36(33,34)27-22/h9-10,13,15,17,26,29H,5-8,11-12,14H2,1-4H3,(H,25,27)/t24-/m1/s1. The molecule has 4 rings (SSSR count). The fourth-order valence-electron chi connectivity index (χ4n) is 5.14. The molecule has 0 spiro atoms. The highest BCUT2D eigenvalue weighted by Crippen LogP contribution is 2.43. The molecule has 198 valence electrons. The first-order chi connectivity index (χ1) is 16.7. The van der Waals surface area contributed by atoms with Crippen LogP contribution in [0.4, 0.5) is 11.4 Å². The van der Waals surface area contributed by atoms with Crippen molar-refractivity contribution in [2.45, 2.75) is 70.2 Å². The molecule has 3 N–H and O–H groups in total. The number of aliphatic hydroxyl groups excluding tert-OH is 1. The van der Waals surface area contributed by atoms with Crippen LogP contribution >= 0.6 is 0 Å². The summed E-state index contributed by atoms with van der Waals surface area (Å²) in [6.07, 6.45) is 6.21. The van der Waals surface area contributed by atoms with Crippen molar-refractivity contribution < 1.29 is 26.7 Å². The Balaban J connectivity index is 1.78. The second-order valence-electron chi connectivity index (χ2n) is 10.7. The Morgan fingerprint density at radius 1 is 1.28 bits per heavy atom. The normalized spacial score (nSPS) is 24.5. The van der Waals surface area contributed by atoms with Crippen molar-refractivity contribution >= 4 is 43.2 Å². The monoisotopic (exact) mass is 538 g/mol. The number of amides is 1. The van der Waals surface area contributed by atoms with Gasteiger partial charge in [0.2, 0.25) is 10.0 Å². The Kier molecular flexibility index (Phi) is 6.89. The van der Waals surface area contributed by atoms with Crippen molar-refractivity contribution in [3.63, 3.8) is 0 Å². The minimum Gasteiger partial charge on any atom is -0.511 e. The van der Waals surface area contributed by atoms with E-state index in [0.717, 1.165) is 38.4 Å². The lowest BCUT2D eigenvalue weighted by Gasteiger charge is -2.44. The highest BCUT2D eigenvalue weighted by molar-refractivity contribution is 7.92. The largest absolute Gasteiger partial charge is 0.511 e. The highest BCUT2D eigenvalue weighted by Gasteiger charge is 2.47. The van der Waals surface area contributed by atoms with Gasteiger partial charge in [-0.15, -0.1) is 4.40 Å². The van der Waals surface area contributed by atoms with Crippen LogP contribution in [0.3, 0.4) is 0 Å². The van der Waals surface area contributed by atoms with Crippen LogP contribution in [0.5, 0.6) is 0 Å². The average Bonchev–Trinajstić information content (AvgIpc) is 3.29. The van der Waals surface area contributed by atoms with E-state index in [1.165, 1.54) is 18.2 Å². The Morgan fingerprint density at radius 3 is 2.56 bits per heavy atom. The van der Waals surface area contributed by atoms with E-state index >= 15 is 0 Å². The molecule has 2 aliphatic heterocycles. The maximum atomic E-state index is 13.7. The van der Waals surface area contributed by atoms with Gasteiger partial charge in [0.15, 0.2) is 5.84 Å². The van der Waals surface area contributed by atoms with Crippen molar-refractivity contribution in [3.05, 3.63) is 29.5 Å². The number of hydrogen-bond acceptors (Lipinski definition) is 7. The Bertz CT molecular complexity index is 1340. The number of aliphatic hydroxyl groups is 1. The maximum Gasteiger partial charge on any atom is 0.286 e. The number of anilines is 2. The Labute approximate surface area is 213 Å². The number of fused-ring (bicyclic) bond motifs is 1. The number of sulfonamides is 2. The van der Waals surface area contributed by atoms with Crippen LogP contribution in [0, 0.1) is 11.3 Å². The van der Waals surface area contributed by atoms with Crippen LogP contribution in [0.1, 0.15) is 59.3 Å². The molecule has 1 aromatic carbocycles. The first kappa shape index (κ1) is 26.5. The van der Waals surface area contributed by atoms with E-state index in [4.69, 9.17) is 0 Å². The van der Waals surface area contributed by atoms with E-state index in [1.54, 1.807) is 4.90 Å². The summed E-state index contributed by atoms with van der Waals surface area (Å²) in [5.74, 6) is -0.403. The maximum absolute atomic E-state index is 13.7. The molecule has 0 aromatic heterocycles. The van der Waals surface area contributed by atoms with Crippen LogP contribution in [0.15, 0.2) is 38.8 Å². The van der Waals surface area contributed by atoms with Gasteiger partial charge in [0.1, 0.15) is 16.2 Å². The first-order valence-corrected chi connectivity index (χ1v) is 15.5. The Hall–Kier alpha value is -2.60. The molecule has 1 aliphatic carbocycles. The molecule has 36 heavy (non-hydrogen) atoms. The SMILES string of the molecule is CC(C)CC[C@]1(C)CN(C2CCCC2)C(=O)C(C2=NS(=O)(=O)c3cc(NS(C)(=O)=O)ccc3N2)=C1O. The van der Waals surface area contributed by atoms with Crippen molar-refractivity contribution in [1.82, 2.24) is 4.90 Å². The molecule has 0 radical (unpaired) electrons. The van der Waals surface area contributed by atoms with Gasteiger partial charge < -0.3 is 15.3 Å². The van der Waals surface area contributed by atoms with E-state index in [0.29, 0.717) is 18.9 Å². The van der Waals surface area contributed by atoms with E-state index < -0.39 is 31.4 Å². The summed E-state index contributed by atoms with van der Waals surface area (Å²) in [6, 6.07) is 4.04. The van der Waals surface area contributed by atoms with E-state index in [1.807, 2.05) is 6.92 Å². The zero-order valence-electron chi connectivity index (χ0n) is 21.0. The number of amidine groups is 1. The number of carbonyl (C=O) groups is 1. The van der Waals surface area contributed by atoms with E-state index in [2.05, 4.69) is 28.3 Å². The minimum absolute atomic E-state index is 0.0386. The predicted octanol–water partition coefficient (Wildman–Crippen LogP) is 3.61. The summed E-state index contributed by atoms with van der Waals surface area (Å²) >= 11 is 0. The summed E-state index contributed by atoms with van der Waals surface area (Å²) < 4.78 is 55.6. The summed E-state index contributed by atoms with van der Waals surface area (Å²) in [5.41, 5.74) is -0.640. The molecular weight excluding hydrogens is 504 g/mol. The molecule has 1 atom stereocenters. The smallest absolute Gasteiger partial charge is 0.286 e. The van der Waals surface area contributed by atoms with Gasteiger partial charge in [0, 0.05) is 23.7 Å². The number of carbonyl (C=O) groups excluding carboxylic acids is 1. The van der Waals surface area contributed by atoms with Gasteiger partial charge in [-0.2, -0.15) is 8.42 Å². The van der Waals surface area contributed by atoms with Crippen LogP contribution in [0.25, 0.3) is 0 Å². The lowest BCUT2D eigenvalue weighted by molar-refractivity contribution is -0.132. The molecule has 1 amide bonds. The lowest BCUT2D eigenvalue weighted by Crippen LogP contribution is -2.53. The fraction of sp³-hybridized carbons (Fsp3) is 0.583. The quantitative estimate of drug-likeness (QED) is 0.481. The van der Waals surface area contributed by atoms with E-state index in [-0.39, 0.29) is 39.5 Å². The van der Waals surface area contributed by atoms with Gasteiger partial charge in [0.25, 0.3) is 15.9 Å². The number of nitrogens with one attached hydrogen (secondary N) is 2. The van der Waals surface area contributed by atoms with Gasteiger partial charge in [-0.05, 0) is 49.8 Å². The van der Waals surface area contributed by atoms with Gasteiger partial charge in [-0.3, -0.25) is 9.52 Å². The predicted molar refractivity (Wildman–Crippen MR) is 139 cm³/mol. The average molecular weight is 539 g/mol. The highest BCUT2D eigenvalue weighted by atomic mass is 32.2. The Morgan fingerprint density at radius 2 is 1.94 bits per heavy atom. The molecule has 0 saturated heterocycles. The molecular formula is C24H34N4O6S2. The van der Waals surface area contributed by atoms with Crippen LogP contribution in [-0.4, -0.2) is 57.4 Å². The number of nitrogens with zero attached hydrogens (tertiary/aromatic N) is 2. The van der Waals surface area contributed by atoms with Gasteiger partial charge in [-0.25, -0.2) is 8.42 Å². The van der Waals surface area contributed by atoms with Crippen LogP contribution < -0.4 is 10.0 Å². The second-order valence-corrected chi connectivity index (χ2v) is 14.0. The third-order valence-corrected chi connectivity index (χ3v) is 9.03. The zero-order chi connectivity index (χ0) is 26.5. The number of rotatable bonds is 7. The topological polar surface area (TPSA) is 145 Å². The van der Waals surface area contributed by atoms with Gasteiger partial charge in [0.05, 0.1) is 11.9 Å². The van der Waals surface area contributed by atoms with Crippen molar-refractivity contribution in [2.24, 2.45) is 15.7 Å². The van der Waals surface area contributed by atoms with Crippen molar-refractivity contribution in [2.75, 3.05) is 22.8 Å². The molecule has 0 unspecified atom stereocenters. The molecule has 12 heteroatoms. The second kappa shape index (κ2) is 9.37. The molecule has 1 saturated carbocycles. The zero-order valence-corrected chi connectivity index (χ0v) is 22.7. The van der Waals surface area contributed by atoms with Crippen LogP contribution in [0.2, 0.25) is 0 Å². The third-order valence-electron chi connectivity index (χ3n) is 7.11. The summed E-state index contributed by atoms with van der Waals surface area (Å²) in [4.78, 5) is 15.3. The van der Waals surface area contributed by atoms with Gasteiger partial charge >= 0.3 is 0 Å². The number of hydrogen-bond donors (Lipinski definition) is 3. The third kappa shape index (κ3) is 5.24. The molecule has 1 fully saturated rings. The number of benzene rings is 1. The van der Waals surface area contributed by atoms with Crippen LogP contribution in [-0.2, 0) is 24.8 Å². The fourth-order valence-corrected chi connectivity index (χ4v) is 6.85. The molecule has 1 aromatic rings. The van der Waals surface area contributed by atoms with Crippen molar-refractivity contribution in [1.29, 1.82) is 0 Å². The summed E-state index contributed by atoms with van der Waals surface area (Å²) in [6.45, 7) is 6.47. The summed E-state index contributed by atoms with van der Waals surface area (Å²) in [5, 5.41) is 14.3. The van der Waals surface area contributed by atoms with Gasteiger partial charge in [-0.1, -0.05) is 33.6 Å². The molecule has 2 heterocycles. The minimum atomic E-state index is -4.29. The lowest BCUT2D eigenvalue weighted by atomic mass is 9.76. The van der Waals surface area contributed by atoms with E-state index in [9.17, 15) is 26.7 Å². The molecule has 10 nitrogen and oxygen atoms in total. The summed E-state index contributed by atoms with van der Waals surface area (Å²) in [7, 11) is -7.90. The molecule has 3 aliphatic rings. The molecule has 0 bridgehead atoms. The van der Waals surface area contributed by atoms with Crippen molar-refractivity contribution in [3.8, 4) is 0 Å². The first-order valence-electron chi connectivity index (χ1n) is 12.2.